The lowest BCUT2D eigenvalue weighted by Gasteiger charge is -2.13. The van der Waals surface area contributed by atoms with Crippen LogP contribution in [-0.2, 0) is 4.79 Å². The number of thiazole rings is 1. The number of carbonyl (C=O) groups excluding carboxylic acids is 1. The molecular weight excluding hydrogens is 399 g/mol. The second kappa shape index (κ2) is 7.83. The Morgan fingerprint density at radius 3 is 2.72 bits per heavy atom. The highest BCUT2D eigenvalue weighted by Gasteiger charge is 2.18. The summed E-state index contributed by atoms with van der Waals surface area (Å²) in [5.41, 5.74) is 1.38. The number of ether oxygens (including phenoxy) is 1. The van der Waals surface area contributed by atoms with Gasteiger partial charge < -0.3 is 10.1 Å². The minimum Gasteiger partial charge on any atom is -0.495 e. The van der Waals surface area contributed by atoms with Crippen molar-refractivity contribution in [1.82, 2.24) is 4.98 Å². The summed E-state index contributed by atoms with van der Waals surface area (Å²) in [6.07, 6.45) is 0. The Morgan fingerprint density at radius 2 is 1.96 bits per heavy atom. The number of hydrogen-bond donors (Lipinski definition) is 1. The molecule has 0 radical (unpaired) electrons. The molecule has 1 amide bonds. The van der Waals surface area contributed by atoms with Gasteiger partial charge in [0.15, 0.2) is 4.34 Å². The van der Waals surface area contributed by atoms with Crippen molar-refractivity contribution in [2.45, 2.75) is 16.5 Å². The smallest absolute Gasteiger partial charge is 0.237 e. The number of nitrogens with zero attached hydrogens (tertiary/aromatic N) is 1. The highest BCUT2D eigenvalue weighted by molar-refractivity contribution is 8.02. The van der Waals surface area contributed by atoms with E-state index in [9.17, 15) is 4.79 Å². The van der Waals surface area contributed by atoms with Gasteiger partial charge in [0.2, 0.25) is 5.91 Å². The molecule has 3 aromatic rings. The number of anilines is 1. The van der Waals surface area contributed by atoms with E-state index in [-0.39, 0.29) is 11.2 Å². The number of fused-ring (bicyclic) bond motifs is 1. The van der Waals surface area contributed by atoms with Crippen LogP contribution in [0.15, 0.2) is 40.7 Å². The SMILES string of the molecule is COc1ccc(Cl)cc1NC(=O)[C@@H](C)Sc1nc2cc(Cl)ccc2s1. The van der Waals surface area contributed by atoms with Gasteiger partial charge >= 0.3 is 0 Å². The summed E-state index contributed by atoms with van der Waals surface area (Å²) in [6, 6.07) is 10.7. The maximum Gasteiger partial charge on any atom is 0.237 e. The van der Waals surface area contributed by atoms with Crippen LogP contribution in [0.3, 0.4) is 0 Å². The molecule has 4 nitrogen and oxygen atoms in total. The molecule has 1 aromatic heterocycles. The maximum absolute atomic E-state index is 12.5. The average Bonchev–Trinajstić information content (AvgIpc) is 2.96. The predicted molar refractivity (Wildman–Crippen MR) is 107 cm³/mol. The van der Waals surface area contributed by atoms with Crippen LogP contribution in [0.1, 0.15) is 6.92 Å². The molecule has 130 valence electrons. The Balaban J connectivity index is 1.72. The highest BCUT2D eigenvalue weighted by Crippen LogP contribution is 2.34. The van der Waals surface area contributed by atoms with E-state index in [1.165, 1.54) is 23.1 Å². The Kier molecular flexibility index (Phi) is 5.74. The Bertz CT molecular complexity index is 930. The number of rotatable bonds is 5. The van der Waals surface area contributed by atoms with Crippen LogP contribution in [0.2, 0.25) is 10.0 Å². The summed E-state index contributed by atoms with van der Waals surface area (Å²) in [7, 11) is 1.54. The minimum absolute atomic E-state index is 0.150. The van der Waals surface area contributed by atoms with Crippen LogP contribution in [0.5, 0.6) is 5.75 Å². The third kappa shape index (κ3) is 4.39. The number of methoxy groups -OCH3 is 1. The fourth-order valence-electron chi connectivity index (χ4n) is 2.15. The van der Waals surface area contributed by atoms with Gasteiger partial charge in [0.25, 0.3) is 0 Å². The first-order valence-electron chi connectivity index (χ1n) is 7.33. The largest absolute Gasteiger partial charge is 0.495 e. The number of benzene rings is 2. The second-order valence-corrected chi connectivity index (χ2v) is 8.68. The normalized spacial score (nSPS) is 12.2. The molecule has 3 rings (SSSR count). The fraction of sp³-hybridized carbons (Fsp3) is 0.176. The molecule has 0 unspecified atom stereocenters. The molecule has 8 heteroatoms. The topological polar surface area (TPSA) is 51.2 Å². The zero-order chi connectivity index (χ0) is 18.0. The van der Waals surface area contributed by atoms with E-state index in [2.05, 4.69) is 10.3 Å². The lowest BCUT2D eigenvalue weighted by molar-refractivity contribution is -0.115. The predicted octanol–water partition coefficient (Wildman–Crippen LogP) is 5.73. The number of halogens is 2. The summed E-state index contributed by atoms with van der Waals surface area (Å²) >= 11 is 14.9. The van der Waals surface area contributed by atoms with Crippen LogP contribution in [-0.4, -0.2) is 23.3 Å². The van der Waals surface area contributed by atoms with E-state index < -0.39 is 0 Å². The van der Waals surface area contributed by atoms with Crippen molar-refractivity contribution in [2.75, 3.05) is 12.4 Å². The van der Waals surface area contributed by atoms with E-state index in [0.717, 1.165) is 14.6 Å². The first-order valence-corrected chi connectivity index (χ1v) is 9.78. The molecule has 0 saturated carbocycles. The van der Waals surface area contributed by atoms with E-state index in [1.54, 1.807) is 25.3 Å². The van der Waals surface area contributed by atoms with Crippen molar-refractivity contribution in [3.8, 4) is 5.75 Å². The quantitative estimate of drug-likeness (QED) is 0.543. The maximum atomic E-state index is 12.5. The van der Waals surface area contributed by atoms with Crippen molar-refractivity contribution >= 4 is 68.1 Å². The summed E-state index contributed by atoms with van der Waals surface area (Å²) < 4.78 is 7.10. The van der Waals surface area contributed by atoms with Crippen LogP contribution in [0.25, 0.3) is 10.2 Å². The zero-order valence-electron chi connectivity index (χ0n) is 13.4. The van der Waals surface area contributed by atoms with Crippen molar-refractivity contribution in [3.05, 3.63) is 46.4 Å². The minimum atomic E-state index is -0.334. The molecule has 0 spiro atoms. The number of aromatic nitrogens is 1. The average molecular weight is 413 g/mol. The first-order chi connectivity index (χ1) is 12.0. The zero-order valence-corrected chi connectivity index (χ0v) is 16.5. The van der Waals surface area contributed by atoms with Gasteiger partial charge in [-0.15, -0.1) is 11.3 Å². The molecule has 25 heavy (non-hydrogen) atoms. The number of hydrogen-bond acceptors (Lipinski definition) is 5. The van der Waals surface area contributed by atoms with E-state index in [4.69, 9.17) is 27.9 Å². The molecule has 2 aromatic carbocycles. The monoisotopic (exact) mass is 412 g/mol. The van der Waals surface area contributed by atoms with E-state index in [1.807, 2.05) is 25.1 Å². The lowest BCUT2D eigenvalue weighted by atomic mass is 10.3. The van der Waals surface area contributed by atoms with Gasteiger partial charge in [-0.3, -0.25) is 4.79 Å². The fourth-order valence-corrected chi connectivity index (χ4v) is 4.68. The van der Waals surface area contributed by atoms with Crippen molar-refractivity contribution < 1.29 is 9.53 Å². The highest BCUT2D eigenvalue weighted by atomic mass is 35.5. The Hall–Kier alpha value is -1.47. The first kappa shape index (κ1) is 18.3. The van der Waals surface area contributed by atoms with Gasteiger partial charge in [-0.1, -0.05) is 35.0 Å². The summed E-state index contributed by atoms with van der Waals surface area (Å²) in [5.74, 6) is 0.410. The molecule has 0 saturated heterocycles. The molecular formula is C17H14Cl2N2O2S2. The van der Waals surface area contributed by atoms with Crippen LogP contribution >= 0.6 is 46.3 Å². The molecule has 1 N–H and O–H groups in total. The number of thioether (sulfide) groups is 1. The summed E-state index contributed by atoms with van der Waals surface area (Å²) in [6.45, 7) is 1.83. The lowest BCUT2D eigenvalue weighted by Crippen LogP contribution is -2.22. The number of amides is 1. The van der Waals surface area contributed by atoms with Crippen molar-refractivity contribution in [2.24, 2.45) is 0 Å². The Morgan fingerprint density at radius 1 is 1.24 bits per heavy atom. The van der Waals surface area contributed by atoms with Crippen LogP contribution in [0.4, 0.5) is 5.69 Å². The van der Waals surface area contributed by atoms with Gasteiger partial charge in [-0.2, -0.15) is 0 Å². The molecule has 1 atom stereocenters. The van der Waals surface area contributed by atoms with Gasteiger partial charge in [-0.05, 0) is 43.3 Å². The van der Waals surface area contributed by atoms with E-state index in [0.29, 0.717) is 21.5 Å². The van der Waals surface area contributed by atoms with Gasteiger partial charge in [0, 0.05) is 10.0 Å². The number of carbonyl (C=O) groups is 1. The van der Waals surface area contributed by atoms with Gasteiger partial charge in [0.1, 0.15) is 5.75 Å². The third-order valence-electron chi connectivity index (χ3n) is 3.40. The molecule has 1 heterocycles. The van der Waals surface area contributed by atoms with Crippen molar-refractivity contribution in [1.29, 1.82) is 0 Å². The molecule has 0 aliphatic heterocycles. The van der Waals surface area contributed by atoms with Gasteiger partial charge in [0.05, 0.1) is 28.3 Å². The number of nitrogens with one attached hydrogen (secondary N) is 1. The second-order valence-electron chi connectivity index (χ2n) is 5.19. The standard InChI is InChI=1S/C17H14Cl2N2O2S2/c1-9(16(22)20-12-7-10(18)3-5-14(12)23-2)24-17-21-13-8-11(19)4-6-15(13)25-17/h3-9H,1-2H3,(H,20,22)/t9-/m1/s1. The van der Waals surface area contributed by atoms with E-state index >= 15 is 0 Å². The summed E-state index contributed by atoms with van der Waals surface area (Å²) in [5, 5.41) is 3.69. The third-order valence-corrected chi connectivity index (χ3v) is 6.10. The molecule has 0 bridgehead atoms. The van der Waals surface area contributed by atoms with Gasteiger partial charge in [-0.25, -0.2) is 4.98 Å². The molecule has 0 aliphatic rings. The Labute approximate surface area is 163 Å². The van der Waals surface area contributed by atoms with Crippen LogP contribution in [0, 0.1) is 0 Å². The molecule has 0 fully saturated rings. The molecule has 0 aliphatic carbocycles. The summed E-state index contributed by atoms with van der Waals surface area (Å²) in [4.78, 5) is 17.0. The van der Waals surface area contributed by atoms with Crippen molar-refractivity contribution in [3.63, 3.8) is 0 Å². The van der Waals surface area contributed by atoms with Crippen LogP contribution < -0.4 is 10.1 Å².